The topological polar surface area (TPSA) is 69.6 Å². The van der Waals surface area contributed by atoms with Crippen LogP contribution < -0.4 is 15.6 Å². The highest BCUT2D eigenvalue weighted by Crippen LogP contribution is 2.36. The molecule has 9 heteroatoms. The zero-order chi connectivity index (χ0) is 24.1. The molecule has 0 saturated carbocycles. The van der Waals surface area contributed by atoms with Gasteiger partial charge in [0, 0.05) is 40.4 Å². The van der Waals surface area contributed by atoms with Gasteiger partial charge in [0.2, 0.25) is 5.13 Å². The fourth-order valence-corrected chi connectivity index (χ4v) is 4.28. The van der Waals surface area contributed by atoms with Gasteiger partial charge < -0.3 is 10.2 Å². The lowest BCUT2D eigenvalue weighted by molar-refractivity contribution is 0.102. The number of carbonyl (C=O) groups excluding carboxylic acids is 1. The molecule has 0 spiro atoms. The first-order valence-corrected chi connectivity index (χ1v) is 12.3. The molecule has 34 heavy (non-hydrogen) atoms. The third kappa shape index (κ3) is 6.02. The Morgan fingerprint density at radius 3 is 2.35 bits per heavy atom. The smallest absolute Gasteiger partial charge is 0.256 e. The van der Waals surface area contributed by atoms with Crippen molar-refractivity contribution in [2.45, 2.75) is 0 Å². The third-order valence-corrected chi connectivity index (χ3v) is 6.52. The summed E-state index contributed by atoms with van der Waals surface area (Å²) in [5.41, 5.74) is 7.07. The Hall–Kier alpha value is -3.20. The van der Waals surface area contributed by atoms with Crippen molar-refractivity contribution in [3.8, 4) is 11.3 Å². The molecule has 0 unspecified atom stereocenters. The first-order valence-electron chi connectivity index (χ1n) is 10.3. The number of hydrogen-bond donors (Lipinski definition) is 2. The monoisotopic (exact) mass is 553 g/mol. The molecule has 4 rings (SSSR count). The van der Waals surface area contributed by atoms with Gasteiger partial charge in [0.15, 0.2) is 0 Å². The van der Waals surface area contributed by atoms with E-state index >= 15 is 0 Å². The minimum atomic E-state index is -0.220. The van der Waals surface area contributed by atoms with E-state index in [0.29, 0.717) is 26.4 Å². The van der Waals surface area contributed by atoms with Gasteiger partial charge in [-0.25, -0.2) is 4.98 Å². The molecule has 0 aliphatic carbocycles. The van der Waals surface area contributed by atoms with Crippen molar-refractivity contribution in [3.63, 3.8) is 0 Å². The Bertz CT molecular complexity index is 1300. The lowest BCUT2D eigenvalue weighted by atomic mass is 10.1. The van der Waals surface area contributed by atoms with E-state index < -0.39 is 0 Å². The first-order chi connectivity index (χ1) is 16.4. The van der Waals surface area contributed by atoms with Gasteiger partial charge in [0.1, 0.15) is 10.7 Å². The van der Waals surface area contributed by atoms with Gasteiger partial charge in [-0.1, -0.05) is 63.1 Å². The van der Waals surface area contributed by atoms with E-state index in [2.05, 4.69) is 36.8 Å². The standard InChI is InChI=1S/C25H21BrClN5OS/c1-32(2)21-13-3-16(4-14-21)15-28-31-25-29-22(17-7-11-20(27)12-8-17)24(34-25)30-23(33)18-5-9-19(26)10-6-18/h3-15H,1-2H3,(H,29,31)(H,30,33). The molecule has 0 aliphatic rings. The summed E-state index contributed by atoms with van der Waals surface area (Å²) in [6.45, 7) is 0. The molecule has 0 saturated heterocycles. The number of halogens is 2. The van der Waals surface area contributed by atoms with Crippen LogP contribution in [0.1, 0.15) is 15.9 Å². The van der Waals surface area contributed by atoms with Crippen LogP contribution >= 0.6 is 38.9 Å². The molecule has 1 heterocycles. The highest BCUT2D eigenvalue weighted by molar-refractivity contribution is 9.10. The lowest BCUT2D eigenvalue weighted by Gasteiger charge is -2.11. The number of amides is 1. The fourth-order valence-electron chi connectivity index (χ4n) is 3.05. The second kappa shape index (κ2) is 10.8. The maximum Gasteiger partial charge on any atom is 0.256 e. The summed E-state index contributed by atoms with van der Waals surface area (Å²) < 4.78 is 0.907. The number of anilines is 3. The van der Waals surface area contributed by atoms with Crippen LogP contribution in [0.2, 0.25) is 5.02 Å². The Labute approximate surface area is 215 Å². The van der Waals surface area contributed by atoms with Crippen LogP contribution in [-0.2, 0) is 0 Å². The minimum absolute atomic E-state index is 0.220. The number of thiazole rings is 1. The Balaban J connectivity index is 1.56. The van der Waals surface area contributed by atoms with Crippen molar-refractivity contribution in [1.82, 2.24) is 4.98 Å². The minimum Gasteiger partial charge on any atom is -0.378 e. The van der Waals surface area contributed by atoms with Crippen molar-refractivity contribution in [3.05, 3.63) is 93.4 Å². The molecule has 1 aromatic heterocycles. The van der Waals surface area contributed by atoms with E-state index in [1.165, 1.54) is 11.3 Å². The van der Waals surface area contributed by atoms with Crippen molar-refractivity contribution < 1.29 is 4.79 Å². The normalized spacial score (nSPS) is 10.9. The SMILES string of the molecule is CN(C)c1ccc(C=NNc2nc(-c3ccc(Cl)cc3)c(NC(=O)c3ccc(Br)cc3)s2)cc1. The Kier molecular flexibility index (Phi) is 7.62. The molecular weight excluding hydrogens is 534 g/mol. The summed E-state index contributed by atoms with van der Waals surface area (Å²) >= 11 is 10.7. The van der Waals surface area contributed by atoms with Gasteiger partial charge in [-0.3, -0.25) is 10.2 Å². The average Bonchev–Trinajstić information content (AvgIpc) is 3.22. The van der Waals surface area contributed by atoms with Crippen LogP contribution in [0.4, 0.5) is 15.8 Å². The molecule has 0 fully saturated rings. The van der Waals surface area contributed by atoms with Crippen molar-refractivity contribution >= 4 is 66.8 Å². The molecule has 0 atom stereocenters. The lowest BCUT2D eigenvalue weighted by Crippen LogP contribution is -2.11. The van der Waals surface area contributed by atoms with E-state index in [0.717, 1.165) is 21.3 Å². The van der Waals surface area contributed by atoms with E-state index in [1.54, 1.807) is 30.5 Å². The summed E-state index contributed by atoms with van der Waals surface area (Å²) in [6, 6.07) is 22.5. The molecule has 1 amide bonds. The number of carbonyl (C=O) groups is 1. The number of hydrogen-bond acceptors (Lipinski definition) is 6. The predicted molar refractivity (Wildman–Crippen MR) is 147 cm³/mol. The molecule has 2 N–H and O–H groups in total. The number of nitrogens with zero attached hydrogens (tertiary/aromatic N) is 3. The number of nitrogens with one attached hydrogen (secondary N) is 2. The number of aromatic nitrogens is 1. The van der Waals surface area contributed by atoms with E-state index in [1.807, 2.05) is 67.5 Å². The summed E-state index contributed by atoms with van der Waals surface area (Å²) in [6.07, 6.45) is 1.73. The second-order valence-electron chi connectivity index (χ2n) is 7.52. The number of benzene rings is 3. The molecule has 0 aliphatic heterocycles. The van der Waals surface area contributed by atoms with Gasteiger partial charge >= 0.3 is 0 Å². The van der Waals surface area contributed by atoms with Gasteiger partial charge in [-0.15, -0.1) is 0 Å². The summed E-state index contributed by atoms with van der Waals surface area (Å²) in [5, 5.41) is 9.09. The zero-order valence-corrected chi connectivity index (χ0v) is 21.6. The van der Waals surface area contributed by atoms with Crippen LogP contribution in [0.25, 0.3) is 11.3 Å². The average molecular weight is 555 g/mol. The van der Waals surface area contributed by atoms with Crippen LogP contribution in [0, 0.1) is 0 Å². The van der Waals surface area contributed by atoms with Gasteiger partial charge in [-0.2, -0.15) is 5.10 Å². The van der Waals surface area contributed by atoms with Crippen LogP contribution in [0.3, 0.4) is 0 Å². The highest BCUT2D eigenvalue weighted by atomic mass is 79.9. The van der Waals surface area contributed by atoms with Crippen LogP contribution in [0.5, 0.6) is 0 Å². The maximum atomic E-state index is 12.8. The predicted octanol–water partition coefficient (Wildman–Crippen LogP) is 6.99. The molecule has 0 radical (unpaired) electrons. The fraction of sp³-hybridized carbons (Fsp3) is 0.0800. The molecule has 4 aromatic rings. The Morgan fingerprint density at radius 2 is 1.71 bits per heavy atom. The molecule has 172 valence electrons. The van der Waals surface area contributed by atoms with Gasteiger partial charge in [0.25, 0.3) is 5.91 Å². The molecule has 0 bridgehead atoms. The van der Waals surface area contributed by atoms with Crippen molar-refractivity contribution in [2.24, 2.45) is 5.10 Å². The summed E-state index contributed by atoms with van der Waals surface area (Å²) in [4.78, 5) is 19.5. The second-order valence-corrected chi connectivity index (χ2v) is 9.87. The largest absolute Gasteiger partial charge is 0.378 e. The van der Waals surface area contributed by atoms with Crippen molar-refractivity contribution in [2.75, 3.05) is 29.7 Å². The molecular formula is C25H21BrClN5OS. The van der Waals surface area contributed by atoms with Crippen LogP contribution in [-0.4, -0.2) is 31.2 Å². The first kappa shape index (κ1) is 23.9. The summed E-state index contributed by atoms with van der Waals surface area (Å²) in [5.74, 6) is -0.220. The quantitative estimate of drug-likeness (QED) is 0.191. The van der Waals surface area contributed by atoms with Crippen molar-refractivity contribution in [1.29, 1.82) is 0 Å². The summed E-state index contributed by atoms with van der Waals surface area (Å²) in [7, 11) is 4.00. The van der Waals surface area contributed by atoms with Crippen LogP contribution in [0.15, 0.2) is 82.4 Å². The number of hydrazone groups is 1. The third-order valence-electron chi connectivity index (χ3n) is 4.86. The Morgan fingerprint density at radius 1 is 1.03 bits per heavy atom. The number of rotatable bonds is 7. The van der Waals surface area contributed by atoms with Gasteiger partial charge in [0.05, 0.1) is 6.21 Å². The van der Waals surface area contributed by atoms with E-state index in [9.17, 15) is 4.79 Å². The molecule has 6 nitrogen and oxygen atoms in total. The van der Waals surface area contributed by atoms with E-state index in [4.69, 9.17) is 11.6 Å². The van der Waals surface area contributed by atoms with Gasteiger partial charge in [-0.05, 0) is 54.1 Å². The zero-order valence-electron chi connectivity index (χ0n) is 18.4. The molecule has 3 aromatic carbocycles. The maximum absolute atomic E-state index is 12.8. The highest BCUT2D eigenvalue weighted by Gasteiger charge is 2.16. The van der Waals surface area contributed by atoms with E-state index in [-0.39, 0.29) is 5.91 Å².